The summed E-state index contributed by atoms with van der Waals surface area (Å²) in [7, 11) is 4.53. The fourth-order valence-corrected chi connectivity index (χ4v) is 2.86. The number of allylic oxidation sites excluding steroid dienone is 2. The van der Waals surface area contributed by atoms with Crippen molar-refractivity contribution >= 4 is 46.2 Å². The highest BCUT2D eigenvalue weighted by Crippen LogP contribution is 2.42. The summed E-state index contributed by atoms with van der Waals surface area (Å²) in [5.74, 6) is -0.214. The van der Waals surface area contributed by atoms with Crippen LogP contribution in [-0.4, -0.2) is 33.0 Å². The Hall–Kier alpha value is -1.98. The molecule has 0 fully saturated rings. The van der Waals surface area contributed by atoms with Crippen LogP contribution < -0.4 is 15.4 Å². The van der Waals surface area contributed by atoms with Gasteiger partial charge in [-0.15, -0.1) is 0 Å². The Morgan fingerprint density at radius 1 is 0.958 bits per heavy atom. The summed E-state index contributed by atoms with van der Waals surface area (Å²) in [6.45, 7) is 3.51. The molecule has 0 bridgehead atoms. The van der Waals surface area contributed by atoms with Gasteiger partial charge in [-0.25, -0.2) is 0 Å². The molecule has 1 rings (SSSR count). The van der Waals surface area contributed by atoms with Gasteiger partial charge >= 0.3 is 0 Å². The van der Waals surface area contributed by atoms with E-state index in [9.17, 15) is 9.59 Å². The molecule has 0 aliphatic heterocycles. The molecule has 0 aromatic heterocycles. The molecule has 0 aliphatic carbocycles. The minimum absolute atomic E-state index is 0.253. The molecule has 1 aromatic rings. The molecule has 0 aliphatic rings. The number of hydrogen-bond acceptors (Lipinski definition) is 3. The predicted octanol–water partition coefficient (Wildman–Crippen LogP) is 3.30. The standard InChI is InChI=1S/C17H20Cl2N2O3/c1-9(6-13(22)20-3)11-8-12(10(2)7-14(23)21-4)16(19)17(24-5)15(11)18/h6-8H,1-5H3,(H,20,22)(H,21,23). The number of nitrogens with one attached hydrogen (secondary N) is 2. The van der Waals surface area contributed by atoms with Crippen LogP contribution in [0.4, 0.5) is 0 Å². The monoisotopic (exact) mass is 370 g/mol. The highest BCUT2D eigenvalue weighted by molar-refractivity contribution is 6.39. The van der Waals surface area contributed by atoms with Gasteiger partial charge in [0.25, 0.3) is 0 Å². The van der Waals surface area contributed by atoms with Gasteiger partial charge in [-0.05, 0) is 31.1 Å². The number of carbonyl (C=O) groups is 2. The first-order chi connectivity index (χ1) is 11.3. The molecular weight excluding hydrogens is 351 g/mol. The van der Waals surface area contributed by atoms with Crippen molar-refractivity contribution < 1.29 is 14.3 Å². The molecule has 130 valence electrons. The van der Waals surface area contributed by atoms with Crippen LogP contribution in [0.1, 0.15) is 25.0 Å². The van der Waals surface area contributed by atoms with Gasteiger partial charge < -0.3 is 15.4 Å². The van der Waals surface area contributed by atoms with Gasteiger partial charge in [0.1, 0.15) is 0 Å². The first-order valence-corrected chi connectivity index (χ1v) is 7.89. The highest BCUT2D eigenvalue weighted by atomic mass is 35.5. The van der Waals surface area contributed by atoms with Gasteiger partial charge in [0.05, 0.1) is 17.2 Å². The fraction of sp³-hybridized carbons (Fsp3) is 0.294. The number of ether oxygens (including phenoxy) is 1. The maximum atomic E-state index is 11.6. The molecule has 0 atom stereocenters. The van der Waals surface area contributed by atoms with Crippen molar-refractivity contribution in [1.29, 1.82) is 0 Å². The molecule has 0 saturated carbocycles. The van der Waals surface area contributed by atoms with Crippen LogP contribution in [0.25, 0.3) is 11.1 Å². The van der Waals surface area contributed by atoms with Crippen LogP contribution in [0.5, 0.6) is 5.75 Å². The smallest absolute Gasteiger partial charge is 0.244 e. The Labute approximate surface area is 151 Å². The van der Waals surface area contributed by atoms with Crippen LogP contribution in [0.3, 0.4) is 0 Å². The Bertz CT molecular complexity index is 669. The predicted molar refractivity (Wildman–Crippen MR) is 98.4 cm³/mol. The zero-order chi connectivity index (χ0) is 18.4. The van der Waals surface area contributed by atoms with Gasteiger partial charge in [0.2, 0.25) is 11.8 Å². The van der Waals surface area contributed by atoms with E-state index < -0.39 is 0 Å². The van der Waals surface area contributed by atoms with E-state index in [1.165, 1.54) is 33.4 Å². The van der Waals surface area contributed by atoms with Crippen LogP contribution in [0, 0.1) is 0 Å². The van der Waals surface area contributed by atoms with Gasteiger partial charge in [0, 0.05) is 37.4 Å². The third kappa shape index (κ3) is 4.52. The zero-order valence-corrected chi connectivity index (χ0v) is 15.7. The van der Waals surface area contributed by atoms with Crippen molar-refractivity contribution in [3.8, 4) is 5.75 Å². The summed E-state index contributed by atoms with van der Waals surface area (Å²) in [6, 6.07) is 1.73. The minimum atomic E-state index is -0.253. The SMILES string of the molecule is CNC(=O)C=C(C)c1cc(C(C)=CC(=O)NC)c(Cl)c(OC)c1Cl. The number of amides is 2. The maximum absolute atomic E-state index is 11.6. The van der Waals surface area contributed by atoms with Gasteiger partial charge in [-0.2, -0.15) is 0 Å². The molecule has 0 heterocycles. The van der Waals surface area contributed by atoms with E-state index in [2.05, 4.69) is 10.6 Å². The summed E-state index contributed by atoms with van der Waals surface area (Å²) in [4.78, 5) is 23.2. The second kappa shape index (κ2) is 8.76. The molecule has 2 amide bonds. The number of carbonyl (C=O) groups excluding carboxylic acids is 2. The Balaban J connectivity index is 3.61. The largest absolute Gasteiger partial charge is 0.494 e. The van der Waals surface area contributed by atoms with Crippen molar-refractivity contribution in [2.75, 3.05) is 21.2 Å². The summed E-state index contributed by atoms with van der Waals surface area (Å²) in [5, 5.41) is 5.64. The quantitative estimate of drug-likeness (QED) is 0.781. The van der Waals surface area contributed by atoms with E-state index in [0.29, 0.717) is 38.1 Å². The van der Waals surface area contributed by atoms with E-state index in [4.69, 9.17) is 27.9 Å². The second-order valence-electron chi connectivity index (χ2n) is 5.02. The average molecular weight is 371 g/mol. The highest BCUT2D eigenvalue weighted by Gasteiger charge is 2.19. The zero-order valence-electron chi connectivity index (χ0n) is 14.2. The summed E-state index contributed by atoms with van der Waals surface area (Å²) < 4.78 is 5.30. The molecule has 2 N–H and O–H groups in total. The number of halogens is 2. The van der Waals surface area contributed by atoms with E-state index in [-0.39, 0.29) is 11.8 Å². The molecular formula is C17H20Cl2N2O3. The van der Waals surface area contributed by atoms with Crippen LogP contribution >= 0.6 is 23.2 Å². The lowest BCUT2D eigenvalue weighted by Crippen LogP contribution is -2.15. The van der Waals surface area contributed by atoms with Crippen molar-refractivity contribution in [3.05, 3.63) is 39.4 Å². The van der Waals surface area contributed by atoms with Gasteiger partial charge in [-0.3, -0.25) is 9.59 Å². The fourth-order valence-electron chi connectivity index (χ4n) is 2.06. The molecule has 0 saturated heterocycles. The second-order valence-corrected chi connectivity index (χ2v) is 5.77. The molecule has 7 heteroatoms. The van der Waals surface area contributed by atoms with E-state index >= 15 is 0 Å². The van der Waals surface area contributed by atoms with Crippen LogP contribution in [0.15, 0.2) is 18.2 Å². The number of likely N-dealkylation sites (N-methyl/N-ethyl adjacent to an activating group) is 2. The van der Waals surface area contributed by atoms with Gasteiger partial charge in [-0.1, -0.05) is 23.2 Å². The van der Waals surface area contributed by atoms with Crippen LogP contribution in [-0.2, 0) is 9.59 Å². The lowest BCUT2D eigenvalue weighted by atomic mass is 9.98. The Morgan fingerprint density at radius 3 is 1.62 bits per heavy atom. The van der Waals surface area contributed by atoms with Crippen molar-refractivity contribution in [1.82, 2.24) is 10.6 Å². The molecule has 0 unspecified atom stereocenters. The molecule has 24 heavy (non-hydrogen) atoms. The van der Waals surface area contributed by atoms with E-state index in [0.717, 1.165) is 0 Å². The van der Waals surface area contributed by atoms with E-state index in [1.54, 1.807) is 19.9 Å². The minimum Gasteiger partial charge on any atom is -0.494 e. The molecule has 1 aromatic carbocycles. The number of hydrogen-bond donors (Lipinski definition) is 2. The third-order valence-electron chi connectivity index (χ3n) is 3.40. The summed E-state index contributed by atoms with van der Waals surface area (Å²) in [5.41, 5.74) is 2.48. The number of methoxy groups -OCH3 is 1. The normalized spacial score (nSPS) is 12.0. The average Bonchev–Trinajstić information content (AvgIpc) is 2.54. The van der Waals surface area contributed by atoms with Crippen molar-refractivity contribution in [3.63, 3.8) is 0 Å². The van der Waals surface area contributed by atoms with Crippen LogP contribution in [0.2, 0.25) is 10.0 Å². The Kier molecular flexibility index (Phi) is 7.32. The van der Waals surface area contributed by atoms with E-state index in [1.807, 2.05) is 0 Å². The lowest BCUT2D eigenvalue weighted by molar-refractivity contribution is -0.116. The molecule has 0 radical (unpaired) electrons. The Morgan fingerprint density at radius 2 is 1.33 bits per heavy atom. The lowest BCUT2D eigenvalue weighted by Gasteiger charge is -2.16. The third-order valence-corrected chi connectivity index (χ3v) is 4.15. The first-order valence-electron chi connectivity index (χ1n) is 7.13. The van der Waals surface area contributed by atoms with Crippen molar-refractivity contribution in [2.45, 2.75) is 13.8 Å². The summed E-state index contributed by atoms with van der Waals surface area (Å²) >= 11 is 12.7. The number of rotatable bonds is 5. The number of benzene rings is 1. The maximum Gasteiger partial charge on any atom is 0.244 e. The van der Waals surface area contributed by atoms with Gasteiger partial charge in [0.15, 0.2) is 5.75 Å². The molecule has 5 nitrogen and oxygen atoms in total. The molecule has 0 spiro atoms. The van der Waals surface area contributed by atoms with Crippen molar-refractivity contribution in [2.24, 2.45) is 0 Å². The first kappa shape index (κ1) is 20.1. The summed E-state index contributed by atoms with van der Waals surface area (Å²) in [6.07, 6.45) is 2.85. The topological polar surface area (TPSA) is 67.4 Å².